The van der Waals surface area contributed by atoms with Crippen molar-refractivity contribution in [2.45, 2.75) is 12.5 Å². The molecule has 0 heterocycles. The molecule has 0 radical (unpaired) electrons. The van der Waals surface area contributed by atoms with E-state index >= 15 is 0 Å². The number of nitrogens with two attached hydrogens (primary N) is 1. The Bertz CT molecular complexity index is 562. The molecule has 5 nitrogen and oxygen atoms in total. The van der Waals surface area contributed by atoms with E-state index in [2.05, 4.69) is 0 Å². The van der Waals surface area contributed by atoms with Gasteiger partial charge in [-0.15, -0.1) is 0 Å². The molecule has 0 amide bonds. The number of hydrogen-bond acceptors (Lipinski definition) is 4. The monoisotopic (exact) mass is 241 g/mol. The van der Waals surface area contributed by atoms with Gasteiger partial charge in [0.15, 0.2) is 0 Å². The Balaban J connectivity index is 2.60. The van der Waals surface area contributed by atoms with Gasteiger partial charge in [-0.2, -0.15) is 8.42 Å². The predicted octanol–water partition coefficient (Wildman–Crippen LogP) is 0.935. The Morgan fingerprint density at radius 1 is 1.38 bits per heavy atom. The molecule has 0 saturated carbocycles. The van der Waals surface area contributed by atoms with Crippen molar-refractivity contribution in [3.63, 3.8) is 0 Å². The lowest BCUT2D eigenvalue weighted by molar-refractivity contribution is 0.178. The summed E-state index contributed by atoms with van der Waals surface area (Å²) in [4.78, 5) is -0.196. The summed E-state index contributed by atoms with van der Waals surface area (Å²) < 4.78 is 30.9. The molecule has 86 valence electrons. The van der Waals surface area contributed by atoms with Gasteiger partial charge in [0.25, 0.3) is 10.1 Å². The third-order valence-electron chi connectivity index (χ3n) is 2.51. The minimum atomic E-state index is -4.25. The van der Waals surface area contributed by atoms with Crippen LogP contribution in [0, 0.1) is 0 Å². The van der Waals surface area contributed by atoms with E-state index in [0.29, 0.717) is 16.8 Å². The average molecular weight is 241 g/mol. The molecule has 0 aliphatic heterocycles. The van der Waals surface area contributed by atoms with Crippen LogP contribution in [0.25, 0.3) is 6.08 Å². The van der Waals surface area contributed by atoms with Crippen molar-refractivity contribution in [3.05, 3.63) is 34.2 Å². The van der Waals surface area contributed by atoms with E-state index in [1.165, 1.54) is 6.08 Å². The number of anilines is 1. The molecule has 6 heteroatoms. The van der Waals surface area contributed by atoms with Gasteiger partial charge in [-0.1, -0.05) is 6.07 Å². The molecule has 4 N–H and O–H groups in total. The van der Waals surface area contributed by atoms with Crippen LogP contribution in [0.5, 0.6) is 0 Å². The van der Waals surface area contributed by atoms with E-state index in [1.807, 2.05) is 0 Å². The molecule has 0 bridgehead atoms. The first-order valence-corrected chi connectivity index (χ1v) is 6.07. The van der Waals surface area contributed by atoms with Gasteiger partial charge < -0.3 is 10.8 Å². The number of rotatable bonds is 1. The summed E-state index contributed by atoms with van der Waals surface area (Å²) in [7, 11) is -4.25. The largest absolute Gasteiger partial charge is 0.399 e. The van der Waals surface area contributed by atoms with Gasteiger partial charge >= 0.3 is 0 Å². The lowest BCUT2D eigenvalue weighted by Gasteiger charge is -2.20. The first-order chi connectivity index (χ1) is 7.38. The zero-order chi connectivity index (χ0) is 11.9. The molecule has 2 rings (SSSR count). The molecule has 1 atom stereocenters. The summed E-state index contributed by atoms with van der Waals surface area (Å²) in [5.74, 6) is 0. The van der Waals surface area contributed by atoms with Crippen LogP contribution in [-0.4, -0.2) is 18.1 Å². The molecule has 0 fully saturated rings. The van der Waals surface area contributed by atoms with Gasteiger partial charge in [-0.25, -0.2) is 0 Å². The third-order valence-corrected chi connectivity index (χ3v) is 3.46. The van der Waals surface area contributed by atoms with E-state index in [0.717, 1.165) is 0 Å². The maximum atomic E-state index is 11.0. The van der Waals surface area contributed by atoms with Crippen molar-refractivity contribution >= 4 is 21.9 Å². The molecule has 0 aromatic heterocycles. The molecule has 16 heavy (non-hydrogen) atoms. The van der Waals surface area contributed by atoms with E-state index in [-0.39, 0.29) is 11.3 Å². The van der Waals surface area contributed by atoms with Crippen molar-refractivity contribution in [2.24, 2.45) is 0 Å². The fraction of sp³-hybridized carbons (Fsp3) is 0.200. The minimum Gasteiger partial charge on any atom is -0.399 e. The highest BCUT2D eigenvalue weighted by molar-refractivity contribution is 7.90. The highest BCUT2D eigenvalue weighted by atomic mass is 32.2. The fourth-order valence-electron chi connectivity index (χ4n) is 1.73. The molecule has 0 saturated heterocycles. The smallest absolute Gasteiger partial charge is 0.290 e. The normalized spacial score (nSPS) is 20.1. The summed E-state index contributed by atoms with van der Waals surface area (Å²) in [6.45, 7) is 0. The quantitative estimate of drug-likeness (QED) is 0.501. The lowest BCUT2D eigenvalue weighted by Crippen LogP contribution is -2.12. The number of aliphatic hydroxyl groups excluding tert-OH is 1. The summed E-state index contributed by atoms with van der Waals surface area (Å²) in [5, 5.41) is 9.73. The topological polar surface area (TPSA) is 101 Å². The lowest BCUT2D eigenvalue weighted by atomic mass is 9.94. The van der Waals surface area contributed by atoms with Crippen LogP contribution in [-0.2, 0) is 10.1 Å². The molecular formula is C10H11NO4S. The van der Waals surface area contributed by atoms with E-state index in [9.17, 15) is 13.5 Å². The zero-order valence-electron chi connectivity index (χ0n) is 8.29. The highest BCUT2D eigenvalue weighted by Crippen LogP contribution is 2.34. The summed E-state index contributed by atoms with van der Waals surface area (Å²) >= 11 is 0. The Hall–Kier alpha value is -1.37. The Morgan fingerprint density at radius 3 is 2.69 bits per heavy atom. The van der Waals surface area contributed by atoms with Crippen LogP contribution in [0.4, 0.5) is 5.69 Å². The van der Waals surface area contributed by atoms with Crippen LogP contribution in [0.15, 0.2) is 23.1 Å². The van der Waals surface area contributed by atoms with Crippen molar-refractivity contribution < 1.29 is 18.1 Å². The van der Waals surface area contributed by atoms with Gasteiger partial charge in [0.05, 0.1) is 11.0 Å². The standard InChI is InChI=1S/C10H11NO4S/c11-7-1-2-9-6(3-7)4-8(5-10(9)12)16(13,14)15/h1-4,10,12H,5,11H2,(H,13,14,15). The second-order valence-corrected chi connectivity index (χ2v) is 5.17. The number of fused-ring (bicyclic) bond motifs is 1. The Morgan fingerprint density at radius 2 is 2.06 bits per heavy atom. The van der Waals surface area contributed by atoms with Crippen molar-refractivity contribution in [1.29, 1.82) is 0 Å². The van der Waals surface area contributed by atoms with Gasteiger partial charge in [0.2, 0.25) is 0 Å². The predicted molar refractivity (Wildman–Crippen MR) is 60.0 cm³/mol. The maximum absolute atomic E-state index is 11.0. The highest BCUT2D eigenvalue weighted by Gasteiger charge is 2.25. The van der Waals surface area contributed by atoms with E-state index in [4.69, 9.17) is 10.3 Å². The number of aliphatic hydroxyl groups is 1. The minimum absolute atomic E-state index is 0.115. The summed E-state index contributed by atoms with van der Waals surface area (Å²) in [6.07, 6.45) is 0.279. The molecule has 0 spiro atoms. The molecular weight excluding hydrogens is 230 g/mol. The van der Waals surface area contributed by atoms with Crippen molar-refractivity contribution in [2.75, 3.05) is 5.73 Å². The summed E-state index contributed by atoms with van der Waals surface area (Å²) in [6, 6.07) is 4.84. The fourth-order valence-corrected chi connectivity index (χ4v) is 2.38. The van der Waals surface area contributed by atoms with Crippen molar-refractivity contribution in [1.82, 2.24) is 0 Å². The SMILES string of the molecule is Nc1ccc2c(c1)C=C(S(=O)(=O)O)CC2O. The van der Waals surface area contributed by atoms with E-state index in [1.54, 1.807) is 18.2 Å². The molecule has 1 aromatic carbocycles. The summed E-state index contributed by atoms with van der Waals surface area (Å²) in [5.41, 5.74) is 7.16. The Labute approximate surface area is 93.0 Å². The molecule has 1 unspecified atom stereocenters. The van der Waals surface area contributed by atoms with E-state index < -0.39 is 16.2 Å². The second-order valence-electron chi connectivity index (χ2n) is 3.69. The number of benzene rings is 1. The number of hydrogen-bond donors (Lipinski definition) is 3. The average Bonchev–Trinajstić information content (AvgIpc) is 2.15. The zero-order valence-corrected chi connectivity index (χ0v) is 9.11. The van der Waals surface area contributed by atoms with Crippen LogP contribution in [0.2, 0.25) is 0 Å². The van der Waals surface area contributed by atoms with Crippen LogP contribution >= 0.6 is 0 Å². The van der Waals surface area contributed by atoms with Crippen molar-refractivity contribution in [3.8, 4) is 0 Å². The first kappa shape index (κ1) is 11.1. The Kier molecular flexibility index (Phi) is 2.49. The number of nitrogen functional groups attached to an aromatic ring is 1. The third kappa shape index (κ3) is 1.95. The van der Waals surface area contributed by atoms with Crippen LogP contribution < -0.4 is 5.73 Å². The molecule has 1 aliphatic rings. The van der Waals surface area contributed by atoms with Gasteiger partial charge in [0.1, 0.15) is 0 Å². The van der Waals surface area contributed by atoms with Crippen LogP contribution in [0.1, 0.15) is 23.7 Å². The second kappa shape index (κ2) is 3.58. The van der Waals surface area contributed by atoms with Gasteiger partial charge in [-0.3, -0.25) is 4.55 Å². The van der Waals surface area contributed by atoms with Gasteiger partial charge in [0, 0.05) is 12.1 Å². The van der Waals surface area contributed by atoms with Crippen LogP contribution in [0.3, 0.4) is 0 Å². The molecule has 1 aliphatic carbocycles. The maximum Gasteiger partial charge on any atom is 0.290 e. The van der Waals surface area contributed by atoms with Gasteiger partial charge in [-0.05, 0) is 29.3 Å². The molecule has 1 aromatic rings. The first-order valence-electron chi connectivity index (χ1n) is 4.63.